The lowest BCUT2D eigenvalue weighted by molar-refractivity contribution is -0.139. The molecule has 0 fully saturated rings. The lowest BCUT2D eigenvalue weighted by Crippen LogP contribution is -2.46. The van der Waals surface area contributed by atoms with E-state index in [-0.39, 0.29) is 12.6 Å². The molecule has 0 saturated carbocycles. The number of esters is 1. The number of rotatable bonds is 9. The second-order valence-corrected chi connectivity index (χ2v) is 8.02. The number of carbonyl (C=O) groups is 2. The quantitative estimate of drug-likeness (QED) is 0.531. The molecular weight excluding hydrogens is 420 g/mol. The monoisotopic (exact) mass is 452 g/mol. The number of hydrogen-bond acceptors (Lipinski definition) is 5. The Labute approximate surface area is 195 Å². The predicted octanol–water partition coefficient (Wildman–Crippen LogP) is 4.86. The van der Waals surface area contributed by atoms with Gasteiger partial charge in [-0.05, 0) is 56.0 Å². The number of allylic oxidation sites excluding steroid dienone is 1. The van der Waals surface area contributed by atoms with E-state index >= 15 is 0 Å². The molecule has 33 heavy (non-hydrogen) atoms. The highest BCUT2D eigenvalue weighted by Gasteiger charge is 2.33. The number of ether oxygens (including phenoxy) is 3. The summed E-state index contributed by atoms with van der Waals surface area (Å²) in [6.45, 7) is 8.50. The second kappa shape index (κ2) is 10.9. The third-order valence-electron chi connectivity index (χ3n) is 5.56. The summed E-state index contributed by atoms with van der Waals surface area (Å²) < 4.78 is 16.9. The van der Waals surface area contributed by atoms with Gasteiger partial charge in [0.05, 0.1) is 25.3 Å². The van der Waals surface area contributed by atoms with E-state index in [9.17, 15) is 9.59 Å². The van der Waals surface area contributed by atoms with Gasteiger partial charge in [0.25, 0.3) is 0 Å². The van der Waals surface area contributed by atoms with E-state index in [1.807, 2.05) is 19.9 Å². The van der Waals surface area contributed by atoms with Crippen molar-refractivity contribution in [3.8, 4) is 11.5 Å². The third kappa shape index (κ3) is 5.66. The Balaban J connectivity index is 1.93. The maximum Gasteiger partial charge on any atom is 0.338 e. The number of aryl methyl sites for hydroxylation is 2. The van der Waals surface area contributed by atoms with Crippen molar-refractivity contribution in [2.45, 2.75) is 53.2 Å². The third-order valence-corrected chi connectivity index (χ3v) is 5.56. The van der Waals surface area contributed by atoms with Gasteiger partial charge in [0.2, 0.25) is 0 Å². The zero-order valence-electron chi connectivity index (χ0n) is 19.9. The molecule has 1 aliphatic heterocycles. The summed E-state index contributed by atoms with van der Waals surface area (Å²) in [5, 5.41) is 5.62. The Kier molecular flexibility index (Phi) is 7.98. The summed E-state index contributed by atoms with van der Waals surface area (Å²) in [7, 11) is 1.56. The lowest BCUT2D eigenvalue weighted by Gasteiger charge is -2.29. The molecule has 1 atom stereocenters. The van der Waals surface area contributed by atoms with Crippen LogP contribution in [0.2, 0.25) is 0 Å². The summed E-state index contributed by atoms with van der Waals surface area (Å²) in [4.78, 5) is 25.1. The molecule has 7 heteroatoms. The summed E-state index contributed by atoms with van der Waals surface area (Å²) in [6.07, 6.45) is 1.34. The van der Waals surface area contributed by atoms with Crippen molar-refractivity contribution in [3.63, 3.8) is 0 Å². The van der Waals surface area contributed by atoms with E-state index < -0.39 is 12.0 Å². The summed E-state index contributed by atoms with van der Waals surface area (Å²) in [6, 6.07) is 10.7. The van der Waals surface area contributed by atoms with Crippen LogP contribution in [0.3, 0.4) is 0 Å². The van der Waals surface area contributed by atoms with Gasteiger partial charge in [-0.1, -0.05) is 43.2 Å². The van der Waals surface area contributed by atoms with Gasteiger partial charge in [-0.3, -0.25) is 0 Å². The number of nitrogens with one attached hydrogen (secondary N) is 2. The molecule has 0 aliphatic carbocycles. The van der Waals surface area contributed by atoms with Crippen LogP contribution < -0.4 is 20.1 Å². The van der Waals surface area contributed by atoms with Gasteiger partial charge < -0.3 is 24.8 Å². The van der Waals surface area contributed by atoms with Crippen LogP contribution >= 0.6 is 0 Å². The van der Waals surface area contributed by atoms with Crippen LogP contribution in [-0.2, 0) is 16.1 Å². The van der Waals surface area contributed by atoms with Crippen LogP contribution in [-0.4, -0.2) is 25.7 Å². The fraction of sp³-hybridized carbons (Fsp3) is 0.385. The molecule has 2 aromatic rings. The Morgan fingerprint density at radius 1 is 1.06 bits per heavy atom. The van der Waals surface area contributed by atoms with E-state index in [0.29, 0.717) is 41.4 Å². The predicted molar refractivity (Wildman–Crippen MR) is 126 cm³/mol. The molecule has 0 aromatic heterocycles. The molecule has 2 amide bonds. The van der Waals surface area contributed by atoms with Gasteiger partial charge >= 0.3 is 12.0 Å². The van der Waals surface area contributed by atoms with Crippen molar-refractivity contribution in [1.82, 2.24) is 10.6 Å². The minimum atomic E-state index is -0.652. The highest BCUT2D eigenvalue weighted by Crippen LogP contribution is 2.35. The van der Waals surface area contributed by atoms with Crippen molar-refractivity contribution in [1.29, 1.82) is 0 Å². The zero-order chi connectivity index (χ0) is 24.0. The number of benzene rings is 2. The van der Waals surface area contributed by atoms with Crippen LogP contribution in [0.15, 0.2) is 47.7 Å². The number of amides is 2. The van der Waals surface area contributed by atoms with Gasteiger partial charge in [0.1, 0.15) is 6.61 Å². The Morgan fingerprint density at radius 2 is 1.85 bits per heavy atom. The molecule has 1 unspecified atom stereocenters. The largest absolute Gasteiger partial charge is 0.493 e. The van der Waals surface area contributed by atoms with Gasteiger partial charge in [-0.2, -0.15) is 0 Å². The average molecular weight is 453 g/mol. The molecule has 2 N–H and O–H groups in total. The molecular formula is C26H32N2O5. The van der Waals surface area contributed by atoms with Crippen LogP contribution in [0.1, 0.15) is 55.0 Å². The number of urea groups is 1. The van der Waals surface area contributed by atoms with E-state index in [4.69, 9.17) is 14.2 Å². The minimum absolute atomic E-state index is 0.247. The smallest absolute Gasteiger partial charge is 0.338 e. The number of methoxy groups -OCH3 is 1. The molecule has 0 spiro atoms. The first-order chi connectivity index (χ1) is 15.9. The fourth-order valence-electron chi connectivity index (χ4n) is 3.86. The Bertz CT molecular complexity index is 1060. The molecule has 176 valence electrons. The van der Waals surface area contributed by atoms with Crippen molar-refractivity contribution in [2.24, 2.45) is 0 Å². The second-order valence-electron chi connectivity index (χ2n) is 8.02. The highest BCUT2D eigenvalue weighted by atomic mass is 16.5. The maximum absolute atomic E-state index is 12.8. The zero-order valence-corrected chi connectivity index (χ0v) is 19.9. The van der Waals surface area contributed by atoms with Crippen LogP contribution in [0.4, 0.5) is 4.79 Å². The molecule has 0 saturated heterocycles. The first-order valence-corrected chi connectivity index (χ1v) is 11.2. The summed E-state index contributed by atoms with van der Waals surface area (Å²) in [5.74, 6) is 0.649. The highest BCUT2D eigenvalue weighted by molar-refractivity contribution is 5.95. The molecule has 0 bridgehead atoms. The molecule has 1 aliphatic rings. The topological polar surface area (TPSA) is 85.9 Å². The first-order valence-electron chi connectivity index (χ1n) is 11.2. The average Bonchev–Trinajstić information content (AvgIpc) is 2.79. The Hall–Kier alpha value is -3.48. The number of hydrogen-bond donors (Lipinski definition) is 2. The van der Waals surface area contributed by atoms with E-state index in [2.05, 4.69) is 35.8 Å². The minimum Gasteiger partial charge on any atom is -0.493 e. The van der Waals surface area contributed by atoms with E-state index in [1.165, 1.54) is 5.56 Å². The normalized spacial score (nSPS) is 15.5. The Morgan fingerprint density at radius 3 is 2.55 bits per heavy atom. The SMILES string of the molecule is CCCC1=C(C(=O)OCC)C(c2ccc(OCc3cc(C)ccc3C)c(OC)c2)NC(=O)N1. The van der Waals surface area contributed by atoms with Crippen LogP contribution in [0, 0.1) is 13.8 Å². The van der Waals surface area contributed by atoms with Crippen LogP contribution in [0.25, 0.3) is 0 Å². The van der Waals surface area contributed by atoms with E-state index in [0.717, 1.165) is 17.5 Å². The lowest BCUT2D eigenvalue weighted by atomic mass is 9.93. The van der Waals surface area contributed by atoms with Crippen molar-refractivity contribution in [3.05, 3.63) is 69.9 Å². The molecule has 7 nitrogen and oxygen atoms in total. The molecule has 0 radical (unpaired) electrons. The number of carbonyl (C=O) groups excluding carboxylic acids is 2. The van der Waals surface area contributed by atoms with Gasteiger partial charge in [-0.15, -0.1) is 0 Å². The van der Waals surface area contributed by atoms with Gasteiger partial charge in [0.15, 0.2) is 11.5 Å². The summed E-state index contributed by atoms with van der Waals surface area (Å²) in [5.41, 5.74) is 5.12. The van der Waals surface area contributed by atoms with Gasteiger partial charge in [0, 0.05) is 5.70 Å². The summed E-state index contributed by atoms with van der Waals surface area (Å²) >= 11 is 0. The van der Waals surface area contributed by atoms with Crippen molar-refractivity contribution in [2.75, 3.05) is 13.7 Å². The molecule has 2 aromatic carbocycles. The fourth-order valence-corrected chi connectivity index (χ4v) is 3.86. The van der Waals surface area contributed by atoms with Crippen molar-refractivity contribution >= 4 is 12.0 Å². The van der Waals surface area contributed by atoms with Crippen molar-refractivity contribution < 1.29 is 23.8 Å². The molecule has 1 heterocycles. The standard InChI is InChI=1S/C26H32N2O5/c1-6-8-20-23(25(29)32-7-2)24(28-26(30)27-20)18-11-12-21(22(14-18)31-5)33-15-19-13-16(3)9-10-17(19)4/h9-14,24H,6-8,15H2,1-5H3,(H2,27,28,30). The molecule has 3 rings (SSSR count). The van der Waals surface area contributed by atoms with E-state index in [1.54, 1.807) is 26.2 Å². The maximum atomic E-state index is 12.8. The van der Waals surface area contributed by atoms with Gasteiger partial charge in [-0.25, -0.2) is 9.59 Å². The van der Waals surface area contributed by atoms with Crippen LogP contribution in [0.5, 0.6) is 11.5 Å². The first kappa shape index (κ1) is 24.2.